The molecular formula is C21H18F3N5O5. The van der Waals surface area contributed by atoms with Crippen LogP contribution in [0.1, 0.15) is 29.3 Å². The molecule has 1 heterocycles. The number of nitrogens with zero attached hydrogens (tertiary/aromatic N) is 2. The summed E-state index contributed by atoms with van der Waals surface area (Å²) in [6.07, 6.45) is -4.56. The molecule has 0 fully saturated rings. The average molecular weight is 477 g/mol. The van der Waals surface area contributed by atoms with E-state index < -0.39 is 34.7 Å². The Morgan fingerprint density at radius 2 is 1.85 bits per heavy atom. The van der Waals surface area contributed by atoms with Gasteiger partial charge in [-0.1, -0.05) is 18.2 Å². The predicted molar refractivity (Wildman–Crippen MR) is 114 cm³/mol. The van der Waals surface area contributed by atoms with Crippen LogP contribution in [0.4, 0.5) is 24.5 Å². The molecule has 1 unspecified atom stereocenters. The number of nitrogens with one attached hydrogen (secondary N) is 3. The summed E-state index contributed by atoms with van der Waals surface area (Å²) < 4.78 is 39.0. The first-order valence-corrected chi connectivity index (χ1v) is 9.77. The van der Waals surface area contributed by atoms with Crippen molar-refractivity contribution in [3.63, 3.8) is 0 Å². The summed E-state index contributed by atoms with van der Waals surface area (Å²) in [7, 11) is 0. The second kappa shape index (κ2) is 10.0. The van der Waals surface area contributed by atoms with Crippen LogP contribution in [-0.4, -0.2) is 28.0 Å². The van der Waals surface area contributed by atoms with Crippen molar-refractivity contribution in [2.75, 3.05) is 5.32 Å². The van der Waals surface area contributed by atoms with Gasteiger partial charge in [0.2, 0.25) is 5.91 Å². The van der Waals surface area contributed by atoms with Crippen molar-refractivity contribution >= 4 is 34.1 Å². The number of alkyl halides is 3. The van der Waals surface area contributed by atoms with E-state index in [-0.39, 0.29) is 17.5 Å². The molecule has 3 rings (SSSR count). The number of amides is 2. The molecule has 0 saturated carbocycles. The van der Waals surface area contributed by atoms with Gasteiger partial charge in [-0.25, -0.2) is 0 Å². The van der Waals surface area contributed by atoms with Crippen molar-refractivity contribution in [1.29, 1.82) is 0 Å². The lowest BCUT2D eigenvalue weighted by Gasteiger charge is -2.15. The number of hydrogen-bond donors (Lipinski definition) is 3. The molecule has 0 saturated heterocycles. The van der Waals surface area contributed by atoms with E-state index in [0.717, 1.165) is 12.1 Å². The van der Waals surface area contributed by atoms with Crippen LogP contribution in [0.15, 0.2) is 54.7 Å². The summed E-state index contributed by atoms with van der Waals surface area (Å²) in [6, 6.07) is 10.9. The standard InChI is InChI=1S/C21H18F3N5O5/c1-12(34-29(32)33)10-19(30)27-28-20(31)15-4-2-3-5-16(15)26-17-8-9-25-18-11-13(21(22,23)24)6-7-14(17)18/h2-9,11-12H,10H2,1H3,(H,25,26)(H,27,30)(H,28,31). The van der Waals surface area contributed by atoms with Gasteiger partial charge in [0.05, 0.1) is 28.8 Å². The Labute approximate surface area is 190 Å². The summed E-state index contributed by atoms with van der Waals surface area (Å²) in [6.45, 7) is 1.32. The third-order valence-corrected chi connectivity index (χ3v) is 4.57. The molecule has 10 nitrogen and oxygen atoms in total. The molecule has 178 valence electrons. The number of anilines is 2. The normalized spacial score (nSPS) is 12.0. The third kappa shape index (κ3) is 6.09. The Balaban J connectivity index is 1.76. The quantitative estimate of drug-likeness (QED) is 0.348. The second-order valence-electron chi connectivity index (χ2n) is 7.10. The molecule has 1 atom stereocenters. The number of fused-ring (bicyclic) bond motifs is 1. The van der Waals surface area contributed by atoms with Crippen LogP contribution in [0.2, 0.25) is 0 Å². The van der Waals surface area contributed by atoms with E-state index in [1.54, 1.807) is 24.3 Å². The molecule has 13 heteroatoms. The lowest BCUT2D eigenvalue weighted by molar-refractivity contribution is -0.767. The first-order chi connectivity index (χ1) is 16.0. The molecule has 2 aromatic carbocycles. The van der Waals surface area contributed by atoms with Gasteiger partial charge in [-0.3, -0.25) is 25.4 Å². The number of carbonyl (C=O) groups is 2. The van der Waals surface area contributed by atoms with Crippen molar-refractivity contribution in [3.8, 4) is 0 Å². The smallest absolute Gasteiger partial charge is 0.354 e. The maximum absolute atomic E-state index is 13.0. The Morgan fingerprint density at radius 1 is 1.12 bits per heavy atom. The Morgan fingerprint density at radius 3 is 2.56 bits per heavy atom. The number of halogens is 3. The van der Waals surface area contributed by atoms with Gasteiger partial charge in [0.1, 0.15) is 6.10 Å². The van der Waals surface area contributed by atoms with E-state index in [1.807, 2.05) is 0 Å². The fourth-order valence-corrected chi connectivity index (χ4v) is 3.06. The second-order valence-corrected chi connectivity index (χ2v) is 7.10. The van der Waals surface area contributed by atoms with Crippen LogP contribution in [0, 0.1) is 10.1 Å². The van der Waals surface area contributed by atoms with Gasteiger partial charge < -0.3 is 10.2 Å². The summed E-state index contributed by atoms with van der Waals surface area (Å²) in [5, 5.41) is 12.7. The molecule has 0 radical (unpaired) electrons. The van der Waals surface area contributed by atoms with E-state index in [9.17, 15) is 32.9 Å². The zero-order chi connectivity index (χ0) is 24.9. The minimum Gasteiger partial charge on any atom is -0.354 e. The number of hydrogen-bond acceptors (Lipinski definition) is 7. The predicted octanol–water partition coefficient (Wildman–Crippen LogP) is 3.75. The highest BCUT2D eigenvalue weighted by molar-refractivity contribution is 6.02. The molecule has 2 amide bonds. The molecule has 0 bridgehead atoms. The van der Waals surface area contributed by atoms with Crippen molar-refractivity contribution in [1.82, 2.24) is 15.8 Å². The zero-order valence-electron chi connectivity index (χ0n) is 17.6. The van der Waals surface area contributed by atoms with Crippen molar-refractivity contribution in [2.45, 2.75) is 25.6 Å². The lowest BCUT2D eigenvalue weighted by atomic mass is 10.1. The minimum absolute atomic E-state index is 0.111. The van der Waals surface area contributed by atoms with Crippen LogP contribution in [0.3, 0.4) is 0 Å². The lowest BCUT2D eigenvalue weighted by Crippen LogP contribution is -2.43. The molecule has 3 N–H and O–H groups in total. The number of hydrazine groups is 1. The maximum atomic E-state index is 13.0. The van der Waals surface area contributed by atoms with Crippen molar-refractivity contribution in [2.24, 2.45) is 0 Å². The number of para-hydroxylation sites is 1. The highest BCUT2D eigenvalue weighted by Gasteiger charge is 2.30. The topological polar surface area (TPSA) is 135 Å². The van der Waals surface area contributed by atoms with Gasteiger partial charge in [0.25, 0.3) is 11.0 Å². The summed E-state index contributed by atoms with van der Waals surface area (Å²) in [4.78, 5) is 43.0. The SMILES string of the molecule is CC(CC(=O)NNC(=O)c1ccccc1Nc1ccnc2cc(C(F)(F)F)ccc12)O[N+](=O)[O-]. The fourth-order valence-electron chi connectivity index (χ4n) is 3.06. The van der Waals surface area contributed by atoms with Gasteiger partial charge >= 0.3 is 6.18 Å². The van der Waals surface area contributed by atoms with E-state index in [1.165, 1.54) is 25.3 Å². The average Bonchev–Trinajstić information content (AvgIpc) is 2.76. The van der Waals surface area contributed by atoms with E-state index in [2.05, 4.69) is 26.0 Å². The summed E-state index contributed by atoms with van der Waals surface area (Å²) >= 11 is 0. The van der Waals surface area contributed by atoms with E-state index in [4.69, 9.17) is 0 Å². The van der Waals surface area contributed by atoms with Gasteiger partial charge in [-0.05, 0) is 37.3 Å². The number of rotatable bonds is 7. The number of benzene rings is 2. The fraction of sp³-hybridized carbons (Fsp3) is 0.190. The van der Waals surface area contributed by atoms with Crippen molar-refractivity contribution in [3.05, 3.63) is 76.0 Å². The van der Waals surface area contributed by atoms with Gasteiger partial charge in [0.15, 0.2) is 0 Å². The largest absolute Gasteiger partial charge is 0.416 e. The van der Waals surface area contributed by atoms with Gasteiger partial charge in [-0.15, -0.1) is 10.1 Å². The highest BCUT2D eigenvalue weighted by Crippen LogP contribution is 2.33. The molecular weight excluding hydrogens is 459 g/mol. The van der Waals surface area contributed by atoms with Crippen molar-refractivity contribution < 1.29 is 32.7 Å². The summed E-state index contributed by atoms with van der Waals surface area (Å²) in [5.74, 6) is -1.41. The van der Waals surface area contributed by atoms with Crippen LogP contribution in [0.25, 0.3) is 10.9 Å². The van der Waals surface area contributed by atoms with Crippen LogP contribution in [0.5, 0.6) is 0 Å². The first kappa shape index (κ1) is 24.2. The first-order valence-electron chi connectivity index (χ1n) is 9.77. The number of pyridine rings is 1. The molecule has 0 aliphatic carbocycles. The number of carbonyl (C=O) groups excluding carboxylic acids is 2. The zero-order valence-corrected chi connectivity index (χ0v) is 17.6. The monoisotopic (exact) mass is 477 g/mol. The maximum Gasteiger partial charge on any atom is 0.416 e. The molecule has 1 aromatic heterocycles. The Bertz CT molecular complexity index is 1230. The molecule has 34 heavy (non-hydrogen) atoms. The van der Waals surface area contributed by atoms with Crippen LogP contribution >= 0.6 is 0 Å². The Kier molecular flexibility index (Phi) is 7.14. The molecule has 3 aromatic rings. The Hall–Kier alpha value is -4.42. The van der Waals surface area contributed by atoms with Crippen LogP contribution < -0.4 is 16.2 Å². The molecule has 0 aliphatic heterocycles. The molecule has 0 spiro atoms. The molecule has 0 aliphatic rings. The van der Waals surface area contributed by atoms with E-state index in [0.29, 0.717) is 16.8 Å². The summed E-state index contributed by atoms with van der Waals surface area (Å²) in [5.41, 5.74) is 4.46. The van der Waals surface area contributed by atoms with Crippen LogP contribution in [-0.2, 0) is 15.8 Å². The minimum atomic E-state index is -4.51. The number of aromatic nitrogens is 1. The highest BCUT2D eigenvalue weighted by atomic mass is 19.4. The van der Waals surface area contributed by atoms with Gasteiger partial charge in [0, 0.05) is 17.3 Å². The third-order valence-electron chi connectivity index (χ3n) is 4.57. The van der Waals surface area contributed by atoms with Gasteiger partial charge in [-0.2, -0.15) is 13.2 Å². The van der Waals surface area contributed by atoms with E-state index >= 15 is 0 Å².